The first-order chi connectivity index (χ1) is 9.22. The minimum atomic E-state index is -0.0783. The van der Waals surface area contributed by atoms with Crippen LogP contribution in [0.25, 0.3) is 5.69 Å². The first kappa shape index (κ1) is 13.4. The van der Waals surface area contributed by atoms with E-state index in [0.717, 1.165) is 11.3 Å². The average molecular weight is 258 g/mol. The molecule has 4 nitrogen and oxygen atoms in total. The van der Waals surface area contributed by atoms with E-state index in [9.17, 15) is 4.79 Å². The molecular formula is C15H18N2O2. The van der Waals surface area contributed by atoms with Crippen molar-refractivity contribution in [3.05, 3.63) is 53.9 Å². The molecule has 0 unspecified atom stereocenters. The zero-order valence-corrected chi connectivity index (χ0v) is 11.2. The van der Waals surface area contributed by atoms with Gasteiger partial charge in [-0.25, -0.2) is 0 Å². The molecule has 2 rings (SSSR count). The number of methoxy groups -OCH3 is 1. The third kappa shape index (κ3) is 3.23. The summed E-state index contributed by atoms with van der Waals surface area (Å²) in [5, 5.41) is 2.82. The maximum absolute atomic E-state index is 12.0. The number of benzene rings is 1. The Labute approximate surface area is 113 Å². The van der Waals surface area contributed by atoms with Gasteiger partial charge in [-0.15, -0.1) is 0 Å². The van der Waals surface area contributed by atoms with Crippen LogP contribution in [0.5, 0.6) is 0 Å². The van der Waals surface area contributed by atoms with Crippen LogP contribution in [0, 0.1) is 6.92 Å². The van der Waals surface area contributed by atoms with Crippen molar-refractivity contribution in [1.29, 1.82) is 0 Å². The highest BCUT2D eigenvalue weighted by atomic mass is 16.5. The second kappa shape index (κ2) is 6.20. The average Bonchev–Trinajstić information content (AvgIpc) is 2.93. The van der Waals surface area contributed by atoms with Crippen LogP contribution in [0.4, 0.5) is 0 Å². The van der Waals surface area contributed by atoms with Gasteiger partial charge in [0, 0.05) is 37.3 Å². The normalized spacial score (nSPS) is 10.4. The fraction of sp³-hybridized carbons (Fsp3) is 0.267. The van der Waals surface area contributed by atoms with Crippen molar-refractivity contribution in [3.63, 3.8) is 0 Å². The number of carbonyl (C=O) groups excluding carboxylic acids is 1. The topological polar surface area (TPSA) is 43.3 Å². The maximum atomic E-state index is 12.0. The van der Waals surface area contributed by atoms with E-state index >= 15 is 0 Å². The largest absolute Gasteiger partial charge is 0.383 e. The number of hydrogen-bond donors (Lipinski definition) is 1. The molecule has 1 amide bonds. The van der Waals surface area contributed by atoms with Crippen LogP contribution < -0.4 is 5.32 Å². The van der Waals surface area contributed by atoms with E-state index < -0.39 is 0 Å². The van der Waals surface area contributed by atoms with Crippen molar-refractivity contribution < 1.29 is 9.53 Å². The lowest BCUT2D eigenvalue weighted by molar-refractivity contribution is 0.0937. The van der Waals surface area contributed by atoms with Crippen LogP contribution in [0.1, 0.15) is 15.9 Å². The van der Waals surface area contributed by atoms with Gasteiger partial charge in [-0.3, -0.25) is 4.79 Å². The van der Waals surface area contributed by atoms with Gasteiger partial charge in [-0.2, -0.15) is 0 Å². The predicted molar refractivity (Wildman–Crippen MR) is 74.7 cm³/mol. The first-order valence-electron chi connectivity index (χ1n) is 6.23. The number of nitrogens with zero attached hydrogens (tertiary/aromatic N) is 1. The molecule has 1 aromatic heterocycles. The Balaban J connectivity index is 2.19. The number of aromatic nitrogens is 1. The molecule has 0 aliphatic carbocycles. The summed E-state index contributed by atoms with van der Waals surface area (Å²) in [4.78, 5) is 12.0. The number of ether oxygens (including phenoxy) is 1. The fourth-order valence-electron chi connectivity index (χ4n) is 1.89. The Bertz CT molecular complexity index is 547. The molecule has 19 heavy (non-hydrogen) atoms. The smallest absolute Gasteiger partial charge is 0.251 e. The summed E-state index contributed by atoms with van der Waals surface area (Å²) in [5.74, 6) is -0.0783. The van der Waals surface area contributed by atoms with Gasteiger partial charge < -0.3 is 14.6 Å². The number of amides is 1. The van der Waals surface area contributed by atoms with Crippen LogP contribution in [0.15, 0.2) is 42.7 Å². The monoisotopic (exact) mass is 258 g/mol. The van der Waals surface area contributed by atoms with E-state index in [1.807, 2.05) is 54.2 Å². The van der Waals surface area contributed by atoms with Gasteiger partial charge in [0.2, 0.25) is 0 Å². The molecule has 0 aliphatic rings. The molecule has 0 spiro atoms. The van der Waals surface area contributed by atoms with E-state index in [-0.39, 0.29) is 5.91 Å². The summed E-state index contributed by atoms with van der Waals surface area (Å²) in [5.41, 5.74) is 2.81. The van der Waals surface area contributed by atoms with Gasteiger partial charge in [0.1, 0.15) is 0 Å². The first-order valence-corrected chi connectivity index (χ1v) is 6.23. The van der Waals surface area contributed by atoms with Gasteiger partial charge in [0.15, 0.2) is 0 Å². The summed E-state index contributed by atoms with van der Waals surface area (Å²) in [6, 6.07) is 9.62. The second-order valence-electron chi connectivity index (χ2n) is 4.34. The van der Waals surface area contributed by atoms with Crippen LogP contribution in [-0.4, -0.2) is 30.7 Å². The molecule has 0 saturated heterocycles. The standard InChI is InChI=1S/C15H18N2O2/c1-12-5-6-13(15(18)16-7-10-19-2)11-14(12)17-8-3-4-9-17/h3-6,8-9,11H,7,10H2,1-2H3,(H,16,18). The quantitative estimate of drug-likeness (QED) is 0.835. The molecule has 0 aliphatic heterocycles. The Morgan fingerprint density at radius 2 is 2.05 bits per heavy atom. The van der Waals surface area contributed by atoms with Crippen molar-refractivity contribution in [2.24, 2.45) is 0 Å². The van der Waals surface area contributed by atoms with Crippen molar-refractivity contribution >= 4 is 5.91 Å². The number of nitrogens with one attached hydrogen (secondary N) is 1. The Morgan fingerprint density at radius 1 is 1.32 bits per heavy atom. The number of aryl methyl sites for hydroxylation is 1. The maximum Gasteiger partial charge on any atom is 0.251 e. The SMILES string of the molecule is COCCNC(=O)c1ccc(C)c(-n2cccc2)c1. The van der Waals surface area contributed by atoms with Gasteiger partial charge >= 0.3 is 0 Å². The summed E-state index contributed by atoms with van der Waals surface area (Å²) in [7, 11) is 1.61. The third-order valence-electron chi connectivity index (χ3n) is 2.95. The molecule has 1 heterocycles. The summed E-state index contributed by atoms with van der Waals surface area (Å²) >= 11 is 0. The molecule has 4 heteroatoms. The molecule has 100 valence electrons. The van der Waals surface area contributed by atoms with E-state index in [2.05, 4.69) is 5.32 Å². The Morgan fingerprint density at radius 3 is 2.74 bits per heavy atom. The van der Waals surface area contributed by atoms with E-state index in [0.29, 0.717) is 18.7 Å². The summed E-state index contributed by atoms with van der Waals surface area (Å²) in [6.45, 7) is 3.06. The van der Waals surface area contributed by atoms with Gasteiger partial charge in [0.05, 0.1) is 6.61 Å². The number of carbonyl (C=O) groups is 1. The van der Waals surface area contributed by atoms with Crippen LogP contribution >= 0.6 is 0 Å². The molecule has 0 saturated carbocycles. The van der Waals surface area contributed by atoms with Crippen LogP contribution in [0.2, 0.25) is 0 Å². The molecule has 0 fully saturated rings. The molecule has 1 N–H and O–H groups in total. The molecule has 1 aromatic carbocycles. The summed E-state index contributed by atoms with van der Waals surface area (Å²) in [6.07, 6.45) is 3.93. The van der Waals surface area contributed by atoms with Crippen molar-refractivity contribution in [1.82, 2.24) is 9.88 Å². The molecule has 0 radical (unpaired) electrons. The second-order valence-corrected chi connectivity index (χ2v) is 4.34. The van der Waals surface area contributed by atoms with Crippen molar-refractivity contribution in [2.75, 3.05) is 20.3 Å². The molecule has 0 atom stereocenters. The zero-order valence-electron chi connectivity index (χ0n) is 11.2. The zero-order chi connectivity index (χ0) is 13.7. The van der Waals surface area contributed by atoms with Crippen molar-refractivity contribution in [3.8, 4) is 5.69 Å². The Hall–Kier alpha value is -2.07. The lowest BCUT2D eigenvalue weighted by Crippen LogP contribution is -2.27. The minimum absolute atomic E-state index is 0.0783. The highest BCUT2D eigenvalue weighted by Gasteiger charge is 2.08. The fourth-order valence-corrected chi connectivity index (χ4v) is 1.89. The molecule has 2 aromatic rings. The van der Waals surface area contributed by atoms with E-state index in [1.54, 1.807) is 7.11 Å². The lowest BCUT2D eigenvalue weighted by Gasteiger charge is -2.10. The highest BCUT2D eigenvalue weighted by molar-refractivity contribution is 5.94. The van der Waals surface area contributed by atoms with Crippen LogP contribution in [-0.2, 0) is 4.74 Å². The van der Waals surface area contributed by atoms with Crippen molar-refractivity contribution in [2.45, 2.75) is 6.92 Å². The third-order valence-corrected chi connectivity index (χ3v) is 2.95. The van der Waals surface area contributed by atoms with Gasteiger partial charge in [-0.1, -0.05) is 6.07 Å². The molecular weight excluding hydrogens is 240 g/mol. The predicted octanol–water partition coefficient (Wildman–Crippen LogP) is 2.16. The lowest BCUT2D eigenvalue weighted by atomic mass is 10.1. The summed E-state index contributed by atoms with van der Waals surface area (Å²) < 4.78 is 6.91. The van der Waals surface area contributed by atoms with E-state index in [1.165, 1.54) is 0 Å². The Kier molecular flexibility index (Phi) is 4.36. The number of hydrogen-bond acceptors (Lipinski definition) is 2. The molecule has 0 bridgehead atoms. The van der Waals surface area contributed by atoms with Gasteiger partial charge in [0.25, 0.3) is 5.91 Å². The van der Waals surface area contributed by atoms with Gasteiger partial charge in [-0.05, 0) is 36.8 Å². The minimum Gasteiger partial charge on any atom is -0.383 e. The van der Waals surface area contributed by atoms with E-state index in [4.69, 9.17) is 4.74 Å². The van der Waals surface area contributed by atoms with Crippen LogP contribution in [0.3, 0.4) is 0 Å². The highest BCUT2D eigenvalue weighted by Crippen LogP contribution is 2.16. The number of rotatable bonds is 5.